The van der Waals surface area contributed by atoms with Crippen molar-refractivity contribution in [3.63, 3.8) is 0 Å². The van der Waals surface area contributed by atoms with E-state index in [4.69, 9.17) is 0 Å². The molecular formula is C19H24O. The monoisotopic (exact) mass is 268 g/mol. The lowest BCUT2D eigenvalue weighted by Gasteiger charge is -2.34. The zero-order valence-electron chi connectivity index (χ0n) is 12.5. The van der Waals surface area contributed by atoms with Crippen molar-refractivity contribution in [1.82, 2.24) is 0 Å². The third-order valence-corrected chi connectivity index (χ3v) is 5.35. The first kappa shape index (κ1) is 13.6. The van der Waals surface area contributed by atoms with Gasteiger partial charge in [0.2, 0.25) is 0 Å². The number of fused-ring (bicyclic) bond motifs is 1. The summed E-state index contributed by atoms with van der Waals surface area (Å²) in [7, 11) is 0. The average Bonchev–Trinajstić information content (AvgIpc) is 2.97. The average molecular weight is 268 g/mol. The number of aliphatic hydroxyl groups is 1. The van der Waals surface area contributed by atoms with Gasteiger partial charge in [0.15, 0.2) is 0 Å². The van der Waals surface area contributed by atoms with Crippen LogP contribution in [0.25, 0.3) is 10.8 Å². The Morgan fingerprint density at radius 1 is 1.05 bits per heavy atom. The first-order valence-corrected chi connectivity index (χ1v) is 7.84. The third-order valence-electron chi connectivity index (χ3n) is 5.35. The summed E-state index contributed by atoms with van der Waals surface area (Å²) < 4.78 is 0. The van der Waals surface area contributed by atoms with E-state index in [1.165, 1.54) is 29.2 Å². The fourth-order valence-electron chi connectivity index (χ4n) is 3.94. The van der Waals surface area contributed by atoms with Crippen molar-refractivity contribution in [2.75, 3.05) is 0 Å². The maximum atomic E-state index is 11.1. The van der Waals surface area contributed by atoms with Crippen molar-refractivity contribution in [2.45, 2.75) is 52.1 Å². The Bertz CT molecular complexity index is 608. The maximum absolute atomic E-state index is 11.1. The van der Waals surface area contributed by atoms with Crippen LogP contribution in [0.4, 0.5) is 0 Å². The molecule has 1 nitrogen and oxygen atoms in total. The standard InChI is InChI=1S/C19H24O/c1-3-19(12-6-7-13-19)18(20)17-11-10-14(2)15-8-4-5-9-16(15)17/h4-5,8-11,18,20H,3,6-7,12-13H2,1-2H3. The van der Waals surface area contributed by atoms with Crippen LogP contribution in [0.5, 0.6) is 0 Å². The molecule has 0 radical (unpaired) electrons. The highest BCUT2D eigenvalue weighted by molar-refractivity contribution is 5.88. The van der Waals surface area contributed by atoms with Crippen molar-refractivity contribution >= 4 is 10.8 Å². The molecule has 0 heterocycles. The largest absolute Gasteiger partial charge is 0.388 e. The third kappa shape index (κ3) is 2.05. The molecule has 2 aromatic rings. The summed E-state index contributed by atoms with van der Waals surface area (Å²) in [5.74, 6) is 0. The Hall–Kier alpha value is -1.34. The zero-order valence-corrected chi connectivity index (χ0v) is 12.5. The number of rotatable bonds is 3. The van der Waals surface area contributed by atoms with Crippen molar-refractivity contribution in [2.24, 2.45) is 5.41 Å². The minimum absolute atomic E-state index is 0.0953. The highest BCUT2D eigenvalue weighted by Gasteiger charge is 2.40. The van der Waals surface area contributed by atoms with E-state index in [2.05, 4.69) is 50.2 Å². The fourth-order valence-corrected chi connectivity index (χ4v) is 3.94. The van der Waals surface area contributed by atoms with Crippen LogP contribution in [0.1, 0.15) is 56.3 Å². The topological polar surface area (TPSA) is 20.2 Å². The van der Waals surface area contributed by atoms with Gasteiger partial charge < -0.3 is 5.11 Å². The lowest BCUT2D eigenvalue weighted by Crippen LogP contribution is -2.25. The van der Waals surface area contributed by atoms with E-state index >= 15 is 0 Å². The summed E-state index contributed by atoms with van der Waals surface area (Å²) in [6.45, 7) is 4.37. The van der Waals surface area contributed by atoms with E-state index in [0.29, 0.717) is 0 Å². The van der Waals surface area contributed by atoms with Gasteiger partial charge in [0, 0.05) is 5.41 Å². The molecule has 0 aliphatic heterocycles. The molecule has 0 saturated heterocycles. The molecule has 1 fully saturated rings. The lowest BCUT2D eigenvalue weighted by atomic mass is 9.74. The summed E-state index contributed by atoms with van der Waals surface area (Å²) >= 11 is 0. The molecule has 1 heteroatoms. The summed E-state index contributed by atoms with van der Waals surface area (Å²) in [6.07, 6.45) is 5.57. The van der Waals surface area contributed by atoms with Crippen LogP contribution in [-0.4, -0.2) is 5.11 Å². The van der Waals surface area contributed by atoms with E-state index in [-0.39, 0.29) is 11.5 Å². The van der Waals surface area contributed by atoms with Gasteiger partial charge in [-0.15, -0.1) is 0 Å². The molecule has 1 atom stereocenters. The van der Waals surface area contributed by atoms with Gasteiger partial charge in [0.05, 0.1) is 6.10 Å². The maximum Gasteiger partial charge on any atom is 0.0852 e. The summed E-state index contributed by atoms with van der Waals surface area (Å²) in [6, 6.07) is 12.8. The highest BCUT2D eigenvalue weighted by atomic mass is 16.3. The summed E-state index contributed by atoms with van der Waals surface area (Å²) in [5, 5.41) is 13.6. The quantitative estimate of drug-likeness (QED) is 0.816. The van der Waals surface area contributed by atoms with Gasteiger partial charge in [-0.2, -0.15) is 0 Å². The SMILES string of the molecule is CCC1(C(O)c2ccc(C)c3ccccc23)CCCC1. The zero-order chi connectivity index (χ0) is 14.2. The minimum Gasteiger partial charge on any atom is -0.388 e. The summed E-state index contributed by atoms with van der Waals surface area (Å²) in [5.41, 5.74) is 2.50. The van der Waals surface area contributed by atoms with Gasteiger partial charge in [-0.1, -0.05) is 56.2 Å². The normalized spacial score (nSPS) is 19.4. The molecule has 1 saturated carbocycles. The van der Waals surface area contributed by atoms with Crippen molar-refractivity contribution in [3.8, 4) is 0 Å². The highest BCUT2D eigenvalue weighted by Crippen LogP contribution is 2.51. The molecule has 1 unspecified atom stereocenters. The summed E-state index contributed by atoms with van der Waals surface area (Å²) in [4.78, 5) is 0. The van der Waals surface area contributed by atoms with Gasteiger partial charge in [-0.05, 0) is 48.1 Å². The molecule has 0 aromatic heterocycles. The van der Waals surface area contributed by atoms with Crippen LogP contribution >= 0.6 is 0 Å². The van der Waals surface area contributed by atoms with Crippen molar-refractivity contribution < 1.29 is 5.11 Å². The molecule has 1 aliphatic rings. The van der Waals surface area contributed by atoms with E-state index in [1.807, 2.05) is 0 Å². The van der Waals surface area contributed by atoms with Gasteiger partial charge in [0.25, 0.3) is 0 Å². The van der Waals surface area contributed by atoms with Crippen molar-refractivity contribution in [1.29, 1.82) is 0 Å². The molecule has 0 spiro atoms. The molecule has 2 aromatic carbocycles. The number of hydrogen-bond donors (Lipinski definition) is 1. The van der Waals surface area contributed by atoms with Gasteiger partial charge in [-0.3, -0.25) is 0 Å². The van der Waals surface area contributed by atoms with Crippen LogP contribution in [0.2, 0.25) is 0 Å². The Morgan fingerprint density at radius 2 is 1.70 bits per heavy atom. The first-order chi connectivity index (χ1) is 9.68. The second-order valence-electron chi connectivity index (χ2n) is 6.34. The predicted molar refractivity (Wildman–Crippen MR) is 84.8 cm³/mol. The van der Waals surface area contributed by atoms with E-state index in [9.17, 15) is 5.11 Å². The second-order valence-corrected chi connectivity index (χ2v) is 6.34. The van der Waals surface area contributed by atoms with Crippen LogP contribution < -0.4 is 0 Å². The van der Waals surface area contributed by atoms with Gasteiger partial charge in [0.1, 0.15) is 0 Å². The number of hydrogen-bond acceptors (Lipinski definition) is 1. The second kappa shape index (κ2) is 5.21. The van der Waals surface area contributed by atoms with E-state index in [0.717, 1.165) is 24.8 Å². The number of aryl methyl sites for hydroxylation is 1. The number of aliphatic hydroxyl groups excluding tert-OH is 1. The Morgan fingerprint density at radius 3 is 2.35 bits per heavy atom. The molecule has 0 amide bonds. The van der Waals surface area contributed by atoms with Crippen LogP contribution in [0.15, 0.2) is 36.4 Å². The van der Waals surface area contributed by atoms with E-state index in [1.54, 1.807) is 0 Å². The van der Waals surface area contributed by atoms with E-state index < -0.39 is 0 Å². The molecule has 20 heavy (non-hydrogen) atoms. The predicted octanol–water partition coefficient (Wildman–Crippen LogP) is 5.15. The van der Waals surface area contributed by atoms with Crippen LogP contribution in [0, 0.1) is 12.3 Å². The van der Waals surface area contributed by atoms with Crippen LogP contribution in [-0.2, 0) is 0 Å². The molecule has 3 rings (SSSR count). The van der Waals surface area contributed by atoms with Crippen molar-refractivity contribution in [3.05, 3.63) is 47.5 Å². The Kier molecular flexibility index (Phi) is 3.55. The lowest BCUT2D eigenvalue weighted by molar-refractivity contribution is 0.0249. The number of benzene rings is 2. The Balaban J connectivity index is 2.12. The molecule has 0 bridgehead atoms. The fraction of sp³-hybridized carbons (Fsp3) is 0.474. The molecule has 106 valence electrons. The Labute approximate surface area is 121 Å². The first-order valence-electron chi connectivity index (χ1n) is 7.84. The molecular weight excluding hydrogens is 244 g/mol. The molecule has 1 aliphatic carbocycles. The van der Waals surface area contributed by atoms with Gasteiger partial charge >= 0.3 is 0 Å². The van der Waals surface area contributed by atoms with Gasteiger partial charge in [-0.25, -0.2) is 0 Å². The minimum atomic E-state index is -0.333. The van der Waals surface area contributed by atoms with Crippen LogP contribution in [0.3, 0.4) is 0 Å². The molecule has 1 N–H and O–H groups in total. The smallest absolute Gasteiger partial charge is 0.0852 e.